The number of halogens is 1. The second kappa shape index (κ2) is 9.29. The van der Waals surface area contributed by atoms with Gasteiger partial charge >= 0.3 is 0 Å². The molecule has 1 amide bonds. The summed E-state index contributed by atoms with van der Waals surface area (Å²) in [7, 11) is 0. The van der Waals surface area contributed by atoms with Gasteiger partial charge in [0.25, 0.3) is 0 Å². The van der Waals surface area contributed by atoms with Crippen molar-refractivity contribution in [3.8, 4) is 0 Å². The molecule has 3 nitrogen and oxygen atoms in total. The molecule has 0 unspecified atom stereocenters. The van der Waals surface area contributed by atoms with Crippen LogP contribution < -0.4 is 17.3 Å². The van der Waals surface area contributed by atoms with E-state index in [1.165, 1.54) is 42.7 Å². The third-order valence-electron chi connectivity index (χ3n) is 5.39. The molecule has 0 atom stereocenters. The molecule has 1 aliphatic carbocycles. The number of benzene rings is 1. The van der Waals surface area contributed by atoms with Gasteiger partial charge < -0.3 is 17.3 Å². The largest absolute Gasteiger partial charge is 1.00 e. The molecule has 1 aromatic rings. The fraction of sp³-hybridized carbons (Fsp3) is 0.632. The minimum Gasteiger partial charge on any atom is -1.00 e. The summed E-state index contributed by atoms with van der Waals surface area (Å²) in [5.74, 6) is 1.20. The van der Waals surface area contributed by atoms with Crippen molar-refractivity contribution < 1.29 is 22.1 Å². The van der Waals surface area contributed by atoms with Crippen molar-refractivity contribution in [3.63, 3.8) is 0 Å². The first-order valence-electron chi connectivity index (χ1n) is 9.01. The lowest BCUT2D eigenvalue weighted by Crippen LogP contribution is -3.10. The third kappa shape index (κ3) is 5.22. The Labute approximate surface area is 146 Å². The van der Waals surface area contributed by atoms with Gasteiger partial charge in [0.15, 0.2) is 0 Å². The highest BCUT2D eigenvalue weighted by Crippen LogP contribution is 2.27. The van der Waals surface area contributed by atoms with Crippen LogP contribution in [-0.2, 0) is 4.79 Å². The van der Waals surface area contributed by atoms with Gasteiger partial charge in [0.05, 0.1) is 26.2 Å². The molecule has 1 saturated carbocycles. The zero-order valence-corrected chi connectivity index (χ0v) is 14.7. The second-order valence-corrected chi connectivity index (χ2v) is 6.89. The van der Waals surface area contributed by atoms with E-state index in [2.05, 4.69) is 35.2 Å². The first-order chi connectivity index (χ1) is 10.8. The molecule has 1 aliphatic heterocycles. The van der Waals surface area contributed by atoms with E-state index in [-0.39, 0.29) is 12.4 Å². The smallest absolute Gasteiger partial charge is 0.222 e. The van der Waals surface area contributed by atoms with Crippen LogP contribution in [0.1, 0.15) is 44.9 Å². The Bertz CT molecular complexity index is 466. The molecule has 2 fully saturated rings. The second-order valence-electron chi connectivity index (χ2n) is 6.89. The Morgan fingerprint density at radius 1 is 1.04 bits per heavy atom. The molecule has 0 aromatic heterocycles. The topological polar surface area (TPSA) is 24.8 Å². The molecule has 23 heavy (non-hydrogen) atoms. The summed E-state index contributed by atoms with van der Waals surface area (Å²) in [4.78, 5) is 16.0. The monoisotopic (exact) mass is 336 g/mol. The van der Waals surface area contributed by atoms with Crippen LogP contribution in [0.4, 0.5) is 5.69 Å². The van der Waals surface area contributed by atoms with Gasteiger partial charge in [0.1, 0.15) is 5.69 Å². The van der Waals surface area contributed by atoms with E-state index in [1.54, 1.807) is 0 Å². The molecule has 2 aliphatic rings. The standard InChI is InChI=1S/C19H28N2O.ClH/c22-19(12-11-17-7-3-1-4-8-17)21-15-13-20(14-16-21)18-9-5-2-6-10-18;/h2,5-6,9-10,17H,1,3-4,7-8,11-16H2;1H. The van der Waals surface area contributed by atoms with E-state index in [9.17, 15) is 4.79 Å². The molecule has 1 heterocycles. The van der Waals surface area contributed by atoms with Gasteiger partial charge in [-0.2, -0.15) is 0 Å². The number of para-hydroxylation sites is 1. The molecule has 0 spiro atoms. The molecule has 0 radical (unpaired) electrons. The van der Waals surface area contributed by atoms with Crippen LogP contribution in [0.3, 0.4) is 0 Å². The van der Waals surface area contributed by atoms with Crippen LogP contribution in [-0.4, -0.2) is 37.0 Å². The highest BCUT2D eigenvalue weighted by molar-refractivity contribution is 5.76. The van der Waals surface area contributed by atoms with Crippen LogP contribution in [0.25, 0.3) is 0 Å². The summed E-state index contributed by atoms with van der Waals surface area (Å²) in [6.07, 6.45) is 8.72. The van der Waals surface area contributed by atoms with Crippen LogP contribution in [0.5, 0.6) is 0 Å². The maximum atomic E-state index is 12.4. The minimum atomic E-state index is 0. The van der Waals surface area contributed by atoms with E-state index in [1.807, 2.05) is 0 Å². The molecule has 4 heteroatoms. The Morgan fingerprint density at radius 2 is 1.70 bits per heavy atom. The third-order valence-corrected chi connectivity index (χ3v) is 5.39. The number of hydrogen-bond donors (Lipinski definition) is 1. The molecule has 1 saturated heterocycles. The van der Waals surface area contributed by atoms with Crippen molar-refractivity contribution >= 4 is 11.6 Å². The Balaban J connectivity index is 0.00000192. The van der Waals surface area contributed by atoms with Crippen LogP contribution >= 0.6 is 0 Å². The Kier molecular flexibility index (Phi) is 7.38. The van der Waals surface area contributed by atoms with E-state index >= 15 is 0 Å². The molecular formula is C19H29ClN2O. The average molecular weight is 337 g/mol. The summed E-state index contributed by atoms with van der Waals surface area (Å²) < 4.78 is 0. The number of piperazine rings is 1. The van der Waals surface area contributed by atoms with Crippen molar-refractivity contribution in [1.82, 2.24) is 4.90 Å². The number of hydrogen-bond acceptors (Lipinski definition) is 1. The van der Waals surface area contributed by atoms with Gasteiger partial charge in [0, 0.05) is 6.42 Å². The van der Waals surface area contributed by atoms with E-state index in [0.717, 1.165) is 44.9 Å². The van der Waals surface area contributed by atoms with Crippen molar-refractivity contribution in [3.05, 3.63) is 30.3 Å². The van der Waals surface area contributed by atoms with Crippen molar-refractivity contribution in [1.29, 1.82) is 0 Å². The number of rotatable bonds is 4. The summed E-state index contributed by atoms with van der Waals surface area (Å²) in [6.45, 7) is 3.90. The normalized spacial score (nSPS) is 20.1. The summed E-state index contributed by atoms with van der Waals surface area (Å²) in [6, 6.07) is 10.6. The van der Waals surface area contributed by atoms with Gasteiger partial charge in [-0.15, -0.1) is 0 Å². The van der Waals surface area contributed by atoms with Gasteiger partial charge in [-0.1, -0.05) is 50.3 Å². The molecular weight excluding hydrogens is 308 g/mol. The fourth-order valence-corrected chi connectivity index (χ4v) is 3.95. The molecule has 128 valence electrons. The van der Waals surface area contributed by atoms with Gasteiger partial charge in [-0.3, -0.25) is 9.69 Å². The Morgan fingerprint density at radius 3 is 2.35 bits per heavy atom. The summed E-state index contributed by atoms with van der Waals surface area (Å²) in [5.41, 5.74) is 1.36. The van der Waals surface area contributed by atoms with Crippen molar-refractivity contribution in [2.24, 2.45) is 5.92 Å². The average Bonchev–Trinajstić information content (AvgIpc) is 2.61. The lowest BCUT2D eigenvalue weighted by Gasteiger charge is -2.32. The maximum Gasteiger partial charge on any atom is 0.222 e. The number of amides is 1. The van der Waals surface area contributed by atoms with Crippen LogP contribution in [0.15, 0.2) is 30.3 Å². The number of nitrogens with zero attached hydrogens (tertiary/aromatic N) is 1. The Hall–Kier alpha value is -1.06. The quantitative estimate of drug-likeness (QED) is 0.781. The molecule has 1 N–H and O–H groups in total. The molecule has 3 rings (SSSR count). The SMILES string of the molecule is O=C(CCC1CCCCC1)N1CC[NH+](c2ccccc2)CC1.[Cl-]. The fourth-order valence-electron chi connectivity index (χ4n) is 3.95. The highest BCUT2D eigenvalue weighted by atomic mass is 35.5. The van der Waals surface area contributed by atoms with Crippen molar-refractivity contribution in [2.75, 3.05) is 26.2 Å². The zero-order valence-electron chi connectivity index (χ0n) is 14.0. The number of quaternary nitrogens is 1. The molecule has 0 bridgehead atoms. The number of nitrogens with one attached hydrogen (secondary N) is 1. The summed E-state index contributed by atoms with van der Waals surface area (Å²) in [5, 5.41) is 0. The van der Waals surface area contributed by atoms with Gasteiger partial charge in [-0.25, -0.2) is 0 Å². The summed E-state index contributed by atoms with van der Waals surface area (Å²) >= 11 is 0. The first kappa shape index (κ1) is 18.3. The highest BCUT2D eigenvalue weighted by Gasteiger charge is 2.25. The van der Waals surface area contributed by atoms with Crippen molar-refractivity contribution in [2.45, 2.75) is 44.9 Å². The predicted octanol–water partition coefficient (Wildman–Crippen LogP) is -0.590. The van der Waals surface area contributed by atoms with Crippen LogP contribution in [0.2, 0.25) is 0 Å². The van der Waals surface area contributed by atoms with E-state index in [4.69, 9.17) is 0 Å². The maximum absolute atomic E-state index is 12.4. The number of carbonyl (C=O) groups is 1. The lowest BCUT2D eigenvalue weighted by atomic mass is 9.86. The zero-order chi connectivity index (χ0) is 15.2. The van der Waals surface area contributed by atoms with Gasteiger partial charge in [0.2, 0.25) is 5.91 Å². The minimum absolute atomic E-state index is 0. The van der Waals surface area contributed by atoms with Crippen LogP contribution in [0, 0.1) is 5.92 Å². The van der Waals surface area contributed by atoms with E-state index < -0.39 is 0 Å². The predicted molar refractivity (Wildman–Crippen MR) is 89.2 cm³/mol. The number of carbonyl (C=O) groups excluding carboxylic acids is 1. The molecule has 1 aromatic carbocycles. The lowest BCUT2D eigenvalue weighted by molar-refractivity contribution is -0.837. The van der Waals surface area contributed by atoms with Gasteiger partial charge in [-0.05, 0) is 24.5 Å². The first-order valence-corrected chi connectivity index (χ1v) is 9.01. The van der Waals surface area contributed by atoms with E-state index in [0.29, 0.717) is 5.91 Å².